The molecular formula is C13H13N4O2+. The number of ether oxygens (including phenoxy) is 1. The van der Waals surface area contributed by atoms with Gasteiger partial charge in [-0.05, 0) is 26.0 Å². The number of hydrogen-bond acceptors (Lipinski definition) is 4. The van der Waals surface area contributed by atoms with Crippen molar-refractivity contribution in [2.45, 2.75) is 13.8 Å². The van der Waals surface area contributed by atoms with E-state index in [0.29, 0.717) is 6.61 Å². The summed E-state index contributed by atoms with van der Waals surface area (Å²) >= 11 is 0. The molecule has 0 spiro atoms. The number of carbonyl (C=O) groups excluding carboxylic acids is 1. The summed E-state index contributed by atoms with van der Waals surface area (Å²) in [7, 11) is 0. The molecule has 6 heteroatoms. The maximum absolute atomic E-state index is 11.7. The Morgan fingerprint density at radius 1 is 1.37 bits per heavy atom. The SMILES string of the molecule is CCOC(=O)c1cc(C)[n+]2c3ccccc3nn2n1. The van der Waals surface area contributed by atoms with E-state index < -0.39 is 5.97 Å². The van der Waals surface area contributed by atoms with Crippen molar-refractivity contribution >= 4 is 17.0 Å². The molecule has 0 amide bonds. The van der Waals surface area contributed by atoms with Crippen LogP contribution >= 0.6 is 0 Å². The van der Waals surface area contributed by atoms with Gasteiger partial charge >= 0.3 is 5.97 Å². The summed E-state index contributed by atoms with van der Waals surface area (Å²) in [6.07, 6.45) is 0. The van der Waals surface area contributed by atoms with Crippen LogP contribution in [0.3, 0.4) is 0 Å². The van der Waals surface area contributed by atoms with Crippen LogP contribution in [0.25, 0.3) is 11.0 Å². The first-order chi connectivity index (χ1) is 9.20. The van der Waals surface area contributed by atoms with Gasteiger partial charge in [0.2, 0.25) is 5.52 Å². The van der Waals surface area contributed by atoms with E-state index in [4.69, 9.17) is 4.74 Å². The Hall–Kier alpha value is -2.50. The van der Waals surface area contributed by atoms with Gasteiger partial charge in [-0.2, -0.15) is 0 Å². The van der Waals surface area contributed by atoms with Crippen molar-refractivity contribution in [2.24, 2.45) is 0 Å². The van der Waals surface area contributed by atoms with E-state index in [0.717, 1.165) is 16.7 Å². The number of nitrogens with zero attached hydrogens (tertiary/aromatic N) is 4. The van der Waals surface area contributed by atoms with Crippen LogP contribution in [-0.4, -0.2) is 27.5 Å². The molecule has 6 nitrogen and oxygen atoms in total. The molecule has 0 saturated heterocycles. The monoisotopic (exact) mass is 257 g/mol. The minimum atomic E-state index is -0.437. The molecule has 0 unspecified atom stereocenters. The van der Waals surface area contributed by atoms with Gasteiger partial charge in [0, 0.05) is 16.3 Å². The van der Waals surface area contributed by atoms with Crippen LogP contribution < -0.4 is 4.52 Å². The van der Waals surface area contributed by atoms with Crippen LogP contribution in [0.2, 0.25) is 0 Å². The average Bonchev–Trinajstić information content (AvgIpc) is 2.77. The molecule has 0 atom stereocenters. The zero-order valence-corrected chi connectivity index (χ0v) is 10.7. The number of para-hydroxylation sites is 1. The summed E-state index contributed by atoms with van der Waals surface area (Å²) in [6.45, 7) is 3.99. The Balaban J connectivity index is 2.26. The van der Waals surface area contributed by atoms with E-state index in [1.165, 1.54) is 4.74 Å². The van der Waals surface area contributed by atoms with Crippen LogP contribution in [0.15, 0.2) is 30.3 Å². The topological polar surface area (TPSA) is 60.6 Å². The Labute approximate surface area is 109 Å². The fraction of sp³-hybridized carbons (Fsp3) is 0.231. The first kappa shape index (κ1) is 11.6. The first-order valence-electron chi connectivity index (χ1n) is 6.05. The summed E-state index contributed by atoms with van der Waals surface area (Å²) in [4.78, 5) is 11.7. The maximum Gasteiger partial charge on any atom is 0.376 e. The third-order valence-corrected chi connectivity index (χ3v) is 2.85. The molecule has 3 rings (SSSR count). The highest BCUT2D eigenvalue weighted by Gasteiger charge is 2.20. The lowest BCUT2D eigenvalue weighted by Gasteiger charge is -1.99. The van der Waals surface area contributed by atoms with Crippen molar-refractivity contribution in [3.63, 3.8) is 0 Å². The third kappa shape index (κ3) is 1.81. The standard InChI is InChI=1S/C13H13N4O2/c1-3-19-13(18)11-8-9(2)16-12-7-5-4-6-10(12)14-17(16)15-11/h4-8H,3H2,1-2H3/q+1. The molecule has 2 heterocycles. The summed E-state index contributed by atoms with van der Waals surface area (Å²) in [5.41, 5.74) is 2.89. The molecule has 0 aliphatic carbocycles. The lowest BCUT2D eigenvalue weighted by atomic mass is 10.3. The molecule has 3 aromatic rings. The van der Waals surface area contributed by atoms with Crippen molar-refractivity contribution in [1.29, 1.82) is 0 Å². The number of hydrogen-bond donors (Lipinski definition) is 0. The van der Waals surface area contributed by atoms with Gasteiger partial charge in [-0.1, -0.05) is 12.1 Å². The fourth-order valence-electron chi connectivity index (χ4n) is 2.05. The van der Waals surface area contributed by atoms with Crippen molar-refractivity contribution in [2.75, 3.05) is 6.61 Å². The summed E-state index contributed by atoms with van der Waals surface area (Å²) in [5, 5.41) is 8.53. The number of aromatic nitrogens is 4. The number of rotatable bonds is 2. The second kappa shape index (κ2) is 4.31. The van der Waals surface area contributed by atoms with Crippen molar-refractivity contribution in [3.05, 3.63) is 41.7 Å². The smallest absolute Gasteiger partial charge is 0.376 e. The van der Waals surface area contributed by atoms with Crippen molar-refractivity contribution < 1.29 is 14.0 Å². The van der Waals surface area contributed by atoms with Crippen molar-refractivity contribution in [1.82, 2.24) is 14.9 Å². The van der Waals surface area contributed by atoms with Gasteiger partial charge in [0.1, 0.15) is 5.69 Å². The average molecular weight is 257 g/mol. The fourth-order valence-corrected chi connectivity index (χ4v) is 2.05. The molecule has 2 aromatic heterocycles. The Morgan fingerprint density at radius 3 is 2.95 bits per heavy atom. The van der Waals surface area contributed by atoms with E-state index in [-0.39, 0.29) is 5.69 Å². The molecular weight excluding hydrogens is 244 g/mol. The number of esters is 1. The van der Waals surface area contributed by atoms with Crippen LogP contribution in [0, 0.1) is 6.92 Å². The molecule has 0 N–H and O–H groups in total. The molecule has 0 bridgehead atoms. The Bertz CT molecular complexity index is 779. The number of carbonyl (C=O) groups is 1. The highest BCUT2D eigenvalue weighted by atomic mass is 16.5. The highest BCUT2D eigenvalue weighted by Crippen LogP contribution is 2.07. The van der Waals surface area contributed by atoms with Crippen LogP contribution in [0.5, 0.6) is 0 Å². The molecule has 0 fully saturated rings. The lowest BCUT2D eigenvalue weighted by molar-refractivity contribution is -0.612. The lowest BCUT2D eigenvalue weighted by Crippen LogP contribution is -2.35. The van der Waals surface area contributed by atoms with E-state index in [2.05, 4.69) is 10.2 Å². The van der Waals surface area contributed by atoms with Crippen molar-refractivity contribution in [3.8, 4) is 0 Å². The molecule has 19 heavy (non-hydrogen) atoms. The largest absolute Gasteiger partial charge is 0.460 e. The van der Waals surface area contributed by atoms with Crippen LogP contribution in [0.4, 0.5) is 0 Å². The number of fused-ring (bicyclic) bond motifs is 3. The van der Waals surface area contributed by atoms with E-state index >= 15 is 0 Å². The zero-order chi connectivity index (χ0) is 13.4. The minimum Gasteiger partial charge on any atom is -0.460 e. The quantitative estimate of drug-likeness (QED) is 0.506. The van der Waals surface area contributed by atoms with E-state index in [1.807, 2.05) is 35.7 Å². The van der Waals surface area contributed by atoms with Crippen LogP contribution in [-0.2, 0) is 4.74 Å². The predicted octanol–water partition coefficient (Wildman–Crippen LogP) is 0.953. The molecule has 0 aliphatic heterocycles. The minimum absolute atomic E-state index is 0.257. The number of benzene rings is 1. The predicted molar refractivity (Wildman–Crippen MR) is 66.8 cm³/mol. The summed E-state index contributed by atoms with van der Waals surface area (Å²) in [5.74, 6) is -0.437. The van der Waals surface area contributed by atoms with Gasteiger partial charge in [-0.3, -0.25) is 0 Å². The highest BCUT2D eigenvalue weighted by molar-refractivity contribution is 5.87. The Morgan fingerprint density at radius 2 is 2.16 bits per heavy atom. The summed E-state index contributed by atoms with van der Waals surface area (Å²) in [6, 6.07) is 9.42. The second-order valence-electron chi connectivity index (χ2n) is 4.16. The summed E-state index contributed by atoms with van der Waals surface area (Å²) < 4.78 is 8.22. The first-order valence-corrected chi connectivity index (χ1v) is 6.05. The molecule has 0 saturated carbocycles. The van der Waals surface area contributed by atoms with Gasteiger partial charge in [-0.25, -0.2) is 4.79 Å². The second-order valence-corrected chi connectivity index (χ2v) is 4.16. The van der Waals surface area contributed by atoms with E-state index in [1.54, 1.807) is 13.0 Å². The van der Waals surface area contributed by atoms with Crippen LogP contribution in [0.1, 0.15) is 23.1 Å². The third-order valence-electron chi connectivity index (χ3n) is 2.85. The normalized spacial score (nSPS) is 11.1. The maximum atomic E-state index is 11.7. The van der Waals surface area contributed by atoms with Gasteiger partial charge in [-0.15, -0.1) is 4.52 Å². The molecule has 96 valence electrons. The molecule has 1 aromatic carbocycles. The molecule has 0 radical (unpaired) electrons. The van der Waals surface area contributed by atoms with Gasteiger partial charge in [0.15, 0.2) is 5.52 Å². The van der Waals surface area contributed by atoms with Gasteiger partial charge in [0.25, 0.3) is 5.69 Å². The van der Waals surface area contributed by atoms with E-state index in [9.17, 15) is 4.79 Å². The van der Waals surface area contributed by atoms with Gasteiger partial charge in [0.05, 0.1) is 11.4 Å². The number of aryl methyl sites for hydroxylation is 1. The van der Waals surface area contributed by atoms with Gasteiger partial charge < -0.3 is 4.74 Å². The Kier molecular flexibility index (Phi) is 2.63. The molecule has 0 aliphatic rings. The zero-order valence-electron chi connectivity index (χ0n) is 10.7.